The van der Waals surface area contributed by atoms with Gasteiger partial charge < -0.3 is 15.8 Å². The third-order valence-corrected chi connectivity index (χ3v) is 3.98. The van der Waals surface area contributed by atoms with Crippen molar-refractivity contribution in [3.8, 4) is 11.8 Å². The Morgan fingerprint density at radius 2 is 1.88 bits per heavy atom. The van der Waals surface area contributed by atoms with Crippen LogP contribution in [-0.2, 0) is 9.59 Å². The maximum absolute atomic E-state index is 12.0. The van der Waals surface area contributed by atoms with Gasteiger partial charge in [-0.05, 0) is 36.4 Å². The fourth-order valence-corrected chi connectivity index (χ4v) is 2.55. The fraction of sp³-hybridized carbons (Fsp3) is 0.118. The second-order valence-electron chi connectivity index (χ2n) is 4.72. The van der Waals surface area contributed by atoms with Crippen molar-refractivity contribution in [3.63, 3.8) is 0 Å². The minimum atomic E-state index is -0.426. The van der Waals surface area contributed by atoms with Crippen molar-refractivity contribution in [1.29, 1.82) is 5.26 Å². The maximum atomic E-state index is 12.0. The van der Waals surface area contributed by atoms with Crippen LogP contribution in [-0.4, -0.2) is 24.2 Å². The van der Waals surface area contributed by atoms with Gasteiger partial charge in [0.05, 0.1) is 23.1 Å². The van der Waals surface area contributed by atoms with E-state index in [1.807, 2.05) is 12.1 Å². The van der Waals surface area contributed by atoms with Gasteiger partial charge in [-0.1, -0.05) is 12.1 Å². The molecule has 0 aromatic heterocycles. The van der Waals surface area contributed by atoms with Gasteiger partial charge in [0.1, 0.15) is 5.75 Å². The molecule has 0 aliphatic carbocycles. The molecular weight excluding hydrogens is 326 g/mol. The highest BCUT2D eigenvalue weighted by molar-refractivity contribution is 8.00. The molecule has 2 aromatic carbocycles. The molecule has 0 heterocycles. The van der Waals surface area contributed by atoms with Crippen molar-refractivity contribution in [3.05, 3.63) is 54.1 Å². The number of thioether (sulfide) groups is 1. The number of benzene rings is 2. The lowest BCUT2D eigenvalue weighted by Gasteiger charge is -2.11. The summed E-state index contributed by atoms with van der Waals surface area (Å²) >= 11 is 1.25. The van der Waals surface area contributed by atoms with Crippen molar-refractivity contribution in [1.82, 2.24) is 0 Å². The number of amides is 2. The molecule has 0 unspecified atom stereocenters. The molecule has 0 bridgehead atoms. The van der Waals surface area contributed by atoms with Gasteiger partial charge in [0.25, 0.3) is 5.91 Å². The van der Waals surface area contributed by atoms with Gasteiger partial charge >= 0.3 is 0 Å². The van der Waals surface area contributed by atoms with Crippen molar-refractivity contribution in [2.45, 2.75) is 4.90 Å². The Morgan fingerprint density at radius 3 is 2.54 bits per heavy atom. The number of nitrogens with one attached hydrogen (secondary N) is 1. The SMILES string of the molecule is N#Cc1ccc(OCC(=O)Nc2ccccc2SCC(N)=O)cc1. The van der Waals surface area contributed by atoms with Crippen LogP contribution in [0.2, 0.25) is 0 Å². The first-order valence-corrected chi connectivity index (χ1v) is 8.00. The number of anilines is 1. The Labute approximate surface area is 143 Å². The van der Waals surface area contributed by atoms with E-state index in [4.69, 9.17) is 15.7 Å². The quantitative estimate of drug-likeness (QED) is 0.751. The van der Waals surface area contributed by atoms with E-state index in [0.717, 1.165) is 4.90 Å². The predicted octanol–water partition coefficient (Wildman–Crippen LogP) is 2.15. The van der Waals surface area contributed by atoms with E-state index < -0.39 is 5.91 Å². The number of ether oxygens (including phenoxy) is 1. The highest BCUT2D eigenvalue weighted by Crippen LogP contribution is 2.26. The highest BCUT2D eigenvalue weighted by Gasteiger charge is 2.09. The number of nitrogens with zero attached hydrogens (tertiary/aromatic N) is 1. The third-order valence-electron chi connectivity index (χ3n) is 2.88. The van der Waals surface area contributed by atoms with Crippen LogP contribution in [0.1, 0.15) is 5.56 Å². The standard InChI is InChI=1S/C17H15N3O3S/c18-9-12-5-7-13(8-6-12)23-10-17(22)20-14-3-1-2-4-15(14)24-11-16(19)21/h1-8H,10-11H2,(H2,19,21)(H,20,22). The number of nitrogens with two attached hydrogens (primary N) is 1. The van der Waals surface area contributed by atoms with Crippen LogP contribution < -0.4 is 15.8 Å². The first kappa shape index (κ1) is 17.4. The lowest BCUT2D eigenvalue weighted by atomic mass is 10.2. The molecule has 24 heavy (non-hydrogen) atoms. The van der Waals surface area contributed by atoms with Crippen molar-refractivity contribution in [2.75, 3.05) is 17.7 Å². The zero-order chi connectivity index (χ0) is 17.4. The Balaban J connectivity index is 1.92. The number of carbonyl (C=O) groups is 2. The van der Waals surface area contributed by atoms with Gasteiger partial charge in [0.15, 0.2) is 6.61 Å². The second kappa shape index (κ2) is 8.60. The first-order valence-electron chi connectivity index (χ1n) is 7.01. The Kier molecular flexibility index (Phi) is 6.23. The van der Waals surface area contributed by atoms with Crippen LogP contribution >= 0.6 is 11.8 Å². The summed E-state index contributed by atoms with van der Waals surface area (Å²) in [6.45, 7) is -0.166. The molecule has 0 atom stereocenters. The second-order valence-corrected chi connectivity index (χ2v) is 5.74. The van der Waals surface area contributed by atoms with Crippen molar-refractivity contribution < 1.29 is 14.3 Å². The summed E-state index contributed by atoms with van der Waals surface area (Å²) in [7, 11) is 0. The molecule has 2 rings (SSSR count). The summed E-state index contributed by atoms with van der Waals surface area (Å²) in [5.41, 5.74) is 6.25. The first-order chi connectivity index (χ1) is 11.6. The molecule has 0 radical (unpaired) electrons. The average molecular weight is 341 g/mol. The predicted molar refractivity (Wildman–Crippen MR) is 91.6 cm³/mol. The molecule has 7 heteroatoms. The molecule has 2 aromatic rings. The number of para-hydroxylation sites is 1. The number of hydrogen-bond acceptors (Lipinski definition) is 5. The fourth-order valence-electron chi connectivity index (χ4n) is 1.81. The summed E-state index contributed by atoms with van der Waals surface area (Å²) in [5.74, 6) is -0.119. The van der Waals surface area contributed by atoms with E-state index in [2.05, 4.69) is 5.32 Å². The number of rotatable bonds is 7. The maximum Gasteiger partial charge on any atom is 0.262 e. The summed E-state index contributed by atoms with van der Waals surface area (Å²) < 4.78 is 5.38. The van der Waals surface area contributed by atoms with Crippen LogP contribution in [0, 0.1) is 11.3 Å². The molecule has 0 saturated carbocycles. The lowest BCUT2D eigenvalue weighted by Crippen LogP contribution is -2.20. The average Bonchev–Trinajstić information content (AvgIpc) is 2.59. The Bertz CT molecular complexity index is 769. The molecule has 2 amide bonds. The summed E-state index contributed by atoms with van der Waals surface area (Å²) in [5, 5.41) is 11.5. The normalized spacial score (nSPS) is 9.79. The Hall–Kier alpha value is -2.98. The van der Waals surface area contributed by atoms with Crippen molar-refractivity contribution >= 4 is 29.3 Å². The molecule has 0 saturated heterocycles. The van der Waals surface area contributed by atoms with Crippen LogP contribution in [0.5, 0.6) is 5.75 Å². The number of carbonyl (C=O) groups excluding carboxylic acids is 2. The zero-order valence-corrected chi connectivity index (χ0v) is 13.5. The molecular formula is C17H15N3O3S. The minimum absolute atomic E-state index is 0.134. The van der Waals surface area contributed by atoms with Gasteiger partial charge in [0, 0.05) is 4.90 Å². The molecule has 0 aliphatic heterocycles. The Morgan fingerprint density at radius 1 is 1.17 bits per heavy atom. The van der Waals surface area contributed by atoms with Crippen LogP contribution in [0.15, 0.2) is 53.4 Å². The smallest absolute Gasteiger partial charge is 0.262 e. The van der Waals surface area contributed by atoms with E-state index in [1.54, 1.807) is 42.5 Å². The molecule has 0 spiro atoms. The largest absolute Gasteiger partial charge is 0.484 e. The molecule has 0 fully saturated rings. The summed E-state index contributed by atoms with van der Waals surface area (Å²) in [6, 6.07) is 15.6. The lowest BCUT2D eigenvalue weighted by molar-refractivity contribution is -0.118. The molecule has 0 aliphatic rings. The number of nitriles is 1. The summed E-state index contributed by atoms with van der Waals surface area (Å²) in [4.78, 5) is 23.6. The monoisotopic (exact) mass is 341 g/mol. The van der Waals surface area contributed by atoms with E-state index in [9.17, 15) is 9.59 Å². The van der Waals surface area contributed by atoms with Crippen molar-refractivity contribution in [2.24, 2.45) is 5.73 Å². The number of hydrogen-bond donors (Lipinski definition) is 2. The molecule has 3 N–H and O–H groups in total. The van der Waals surface area contributed by atoms with E-state index in [-0.39, 0.29) is 18.3 Å². The zero-order valence-electron chi connectivity index (χ0n) is 12.7. The molecule has 6 nitrogen and oxygen atoms in total. The van der Waals surface area contributed by atoms with Gasteiger partial charge in [-0.2, -0.15) is 5.26 Å². The van der Waals surface area contributed by atoms with Crippen LogP contribution in [0.25, 0.3) is 0 Å². The van der Waals surface area contributed by atoms with Gasteiger partial charge in [0.2, 0.25) is 5.91 Å². The van der Waals surface area contributed by atoms with Gasteiger partial charge in [-0.3, -0.25) is 9.59 Å². The van der Waals surface area contributed by atoms with E-state index >= 15 is 0 Å². The van der Waals surface area contributed by atoms with Gasteiger partial charge in [-0.15, -0.1) is 11.8 Å². The minimum Gasteiger partial charge on any atom is -0.484 e. The third kappa shape index (κ3) is 5.34. The summed E-state index contributed by atoms with van der Waals surface area (Å²) in [6.07, 6.45) is 0. The number of primary amides is 1. The topological polar surface area (TPSA) is 105 Å². The van der Waals surface area contributed by atoms with Gasteiger partial charge in [-0.25, -0.2) is 0 Å². The van der Waals surface area contributed by atoms with Crippen LogP contribution in [0.4, 0.5) is 5.69 Å². The highest BCUT2D eigenvalue weighted by atomic mass is 32.2. The van der Waals surface area contributed by atoms with E-state index in [1.165, 1.54) is 11.8 Å². The van der Waals surface area contributed by atoms with E-state index in [0.29, 0.717) is 17.0 Å². The van der Waals surface area contributed by atoms with Crippen LogP contribution in [0.3, 0.4) is 0 Å². The molecule has 122 valence electrons.